The molecule has 0 aromatic carbocycles. The molecule has 1 saturated carbocycles. The fraction of sp³-hybridized carbons (Fsp3) is 0.917. The first-order valence-electron chi connectivity index (χ1n) is 6.61. The second-order valence-electron chi connectivity index (χ2n) is 6.21. The topological polar surface area (TPSA) is 61.4 Å². The number of hydrogen-bond donors (Lipinski definition) is 3. The number of carbonyl (C=O) groups excluding carboxylic acids is 1. The van der Waals surface area contributed by atoms with E-state index in [0.717, 1.165) is 30.1 Å². The van der Waals surface area contributed by atoms with E-state index in [-0.39, 0.29) is 18.1 Å². The van der Waals surface area contributed by atoms with Crippen LogP contribution < -0.4 is 10.9 Å². The van der Waals surface area contributed by atoms with Crippen LogP contribution >= 0.6 is 0 Å². The number of nitrogens with one attached hydrogen (secondary N) is 2. The first-order valence-corrected chi connectivity index (χ1v) is 17.2. The second-order valence-corrected chi connectivity index (χ2v) is 22.3. The number of hydrogen-bond acceptors (Lipinski definition) is 3. The van der Waals surface area contributed by atoms with Crippen molar-refractivity contribution in [2.45, 2.75) is 63.5 Å². The van der Waals surface area contributed by atoms with E-state index in [2.05, 4.69) is 25.7 Å². The molecule has 17 heavy (non-hydrogen) atoms. The van der Waals surface area contributed by atoms with E-state index in [4.69, 9.17) is 0 Å². The van der Waals surface area contributed by atoms with E-state index in [9.17, 15) is 9.90 Å². The molecule has 5 heteroatoms. The Balaban J connectivity index is 2.19. The predicted molar refractivity (Wildman–Crippen MR) is 72.3 cm³/mol. The average molecular weight is 349 g/mol. The van der Waals surface area contributed by atoms with Crippen molar-refractivity contribution in [3.63, 3.8) is 0 Å². The summed E-state index contributed by atoms with van der Waals surface area (Å²) in [4.78, 5) is 18.6. The van der Waals surface area contributed by atoms with E-state index in [1.165, 1.54) is 0 Å². The SMILES string of the molecule is [CH3][Sn]([CH3])([CH3])[CH2]CC(=O)NNC1CCCCC1O. The first-order chi connectivity index (χ1) is 7.88. The Bertz CT molecular complexity index is 253. The Hall–Kier alpha value is 0.189. The molecule has 2 atom stereocenters. The molecule has 3 N–H and O–H groups in total. The van der Waals surface area contributed by atoms with Gasteiger partial charge in [0.1, 0.15) is 0 Å². The standard InChI is InChI=1S/C9H17N2O2.3CH3.Sn/c1-2-9(13)11-10-7-5-3-4-6-8(7)12;;;;/h7-8,10,12H,1-6H2,(H,11,13);3*1H3;. The van der Waals surface area contributed by atoms with Crippen LogP contribution in [0.2, 0.25) is 19.3 Å². The summed E-state index contributed by atoms with van der Waals surface area (Å²) in [6.45, 7) is 0. The van der Waals surface area contributed by atoms with Gasteiger partial charge in [-0.2, -0.15) is 0 Å². The Kier molecular flexibility index (Phi) is 6.23. The summed E-state index contributed by atoms with van der Waals surface area (Å²) in [5.74, 6) is 0.0643. The van der Waals surface area contributed by atoms with Gasteiger partial charge >= 0.3 is 109 Å². The summed E-state index contributed by atoms with van der Waals surface area (Å²) in [6, 6.07) is 0.0332. The fourth-order valence-corrected chi connectivity index (χ4v) is 4.79. The minimum absolute atomic E-state index is 0.0332. The zero-order valence-electron chi connectivity index (χ0n) is 11.3. The fourth-order valence-electron chi connectivity index (χ4n) is 2.00. The summed E-state index contributed by atoms with van der Waals surface area (Å²) in [5.41, 5.74) is 5.72. The molecule has 0 radical (unpaired) electrons. The zero-order chi connectivity index (χ0) is 12.9. The van der Waals surface area contributed by atoms with E-state index >= 15 is 0 Å². The molecule has 1 rings (SSSR count). The number of carbonyl (C=O) groups is 1. The molecule has 100 valence electrons. The van der Waals surface area contributed by atoms with E-state index in [0.29, 0.717) is 6.42 Å². The summed E-state index contributed by atoms with van der Waals surface area (Å²) in [7, 11) is 0. The van der Waals surface area contributed by atoms with Crippen molar-refractivity contribution in [2.75, 3.05) is 0 Å². The number of amides is 1. The van der Waals surface area contributed by atoms with Gasteiger partial charge < -0.3 is 0 Å². The van der Waals surface area contributed by atoms with Crippen molar-refractivity contribution in [1.29, 1.82) is 0 Å². The van der Waals surface area contributed by atoms with E-state index in [1.54, 1.807) is 0 Å². The molecule has 1 aliphatic rings. The molecule has 2 unspecified atom stereocenters. The molecule has 0 spiro atoms. The molecule has 1 aliphatic carbocycles. The Morgan fingerprint density at radius 3 is 2.53 bits per heavy atom. The van der Waals surface area contributed by atoms with Crippen LogP contribution in [-0.2, 0) is 4.79 Å². The van der Waals surface area contributed by atoms with Crippen molar-refractivity contribution < 1.29 is 9.90 Å². The maximum absolute atomic E-state index is 11.6. The summed E-state index contributed by atoms with van der Waals surface area (Å²) >= 11 is -1.82. The molecule has 0 aromatic heterocycles. The van der Waals surface area contributed by atoms with Crippen molar-refractivity contribution in [3.8, 4) is 0 Å². The van der Waals surface area contributed by atoms with Crippen LogP contribution in [0.4, 0.5) is 0 Å². The van der Waals surface area contributed by atoms with Crippen LogP contribution in [0.15, 0.2) is 0 Å². The summed E-state index contributed by atoms with van der Waals surface area (Å²) < 4.78 is 1.08. The quantitative estimate of drug-likeness (QED) is 0.523. The maximum atomic E-state index is 11.6. The van der Waals surface area contributed by atoms with E-state index < -0.39 is 18.4 Å². The monoisotopic (exact) mass is 350 g/mol. The normalized spacial score (nSPS) is 25.6. The first kappa shape index (κ1) is 15.2. The third-order valence-electron chi connectivity index (χ3n) is 3.23. The molecule has 0 heterocycles. The molecule has 0 aromatic rings. The molecule has 0 bridgehead atoms. The Morgan fingerprint density at radius 1 is 1.29 bits per heavy atom. The van der Waals surface area contributed by atoms with Gasteiger partial charge in [0.15, 0.2) is 0 Å². The number of aliphatic hydroxyl groups is 1. The minimum atomic E-state index is -1.82. The van der Waals surface area contributed by atoms with Crippen LogP contribution in [0.25, 0.3) is 0 Å². The predicted octanol–water partition coefficient (Wildman–Crippen LogP) is 1.64. The van der Waals surface area contributed by atoms with Crippen molar-refractivity contribution in [1.82, 2.24) is 10.9 Å². The molecular formula is C12H26N2O2Sn. The van der Waals surface area contributed by atoms with Crippen LogP contribution in [0.1, 0.15) is 32.1 Å². The molecular weight excluding hydrogens is 323 g/mol. The van der Waals surface area contributed by atoms with Crippen LogP contribution in [0.3, 0.4) is 0 Å². The number of hydrazine groups is 1. The third-order valence-corrected chi connectivity index (χ3v) is 8.22. The van der Waals surface area contributed by atoms with Gasteiger partial charge in [-0.3, -0.25) is 0 Å². The molecule has 0 aliphatic heterocycles. The summed E-state index contributed by atoms with van der Waals surface area (Å²) in [6.07, 6.45) is 4.31. The number of rotatable bonds is 5. The van der Waals surface area contributed by atoms with Gasteiger partial charge in [0.2, 0.25) is 0 Å². The van der Waals surface area contributed by atoms with Gasteiger partial charge in [0.05, 0.1) is 0 Å². The van der Waals surface area contributed by atoms with Gasteiger partial charge in [0.25, 0.3) is 0 Å². The van der Waals surface area contributed by atoms with Gasteiger partial charge in [-0.1, -0.05) is 0 Å². The van der Waals surface area contributed by atoms with Crippen molar-refractivity contribution in [3.05, 3.63) is 0 Å². The molecule has 1 fully saturated rings. The zero-order valence-corrected chi connectivity index (χ0v) is 14.1. The van der Waals surface area contributed by atoms with E-state index in [1.807, 2.05) is 0 Å². The van der Waals surface area contributed by atoms with Gasteiger partial charge in [0, 0.05) is 0 Å². The van der Waals surface area contributed by atoms with Gasteiger partial charge in [-0.15, -0.1) is 0 Å². The van der Waals surface area contributed by atoms with Gasteiger partial charge in [-0.25, -0.2) is 0 Å². The van der Waals surface area contributed by atoms with Crippen molar-refractivity contribution >= 4 is 24.3 Å². The number of aliphatic hydroxyl groups excluding tert-OH is 1. The average Bonchev–Trinajstić information content (AvgIpc) is 2.24. The molecule has 0 saturated heterocycles. The van der Waals surface area contributed by atoms with Gasteiger partial charge in [-0.05, 0) is 0 Å². The van der Waals surface area contributed by atoms with Crippen molar-refractivity contribution in [2.24, 2.45) is 0 Å². The summed E-state index contributed by atoms with van der Waals surface area (Å²) in [5, 5.41) is 9.74. The second kappa shape index (κ2) is 6.95. The van der Waals surface area contributed by atoms with Crippen LogP contribution in [0, 0.1) is 0 Å². The van der Waals surface area contributed by atoms with Crippen LogP contribution in [0.5, 0.6) is 0 Å². The third kappa shape index (κ3) is 6.62. The molecule has 4 nitrogen and oxygen atoms in total. The Labute approximate surface area is 108 Å². The molecule has 1 amide bonds. The Morgan fingerprint density at radius 2 is 1.94 bits per heavy atom. The van der Waals surface area contributed by atoms with Crippen LogP contribution in [-0.4, -0.2) is 41.5 Å².